The third-order valence-electron chi connectivity index (χ3n) is 7.61. The molecule has 20 heteroatoms. The van der Waals surface area contributed by atoms with Gasteiger partial charge in [0.2, 0.25) is 0 Å². The summed E-state index contributed by atoms with van der Waals surface area (Å²) in [4.78, 5) is 36.5. The summed E-state index contributed by atoms with van der Waals surface area (Å²) in [6.45, 7) is 6.73. The SMILES string of the molecule is Cc1nc(-c2cn([C@@H](C)c3ccc(C(F)(F)F)cc3Cl)nn2)cc(=O)[nH]1.Cc1nc(-c2cn([C@H](C)c3ccc(C(F)(F)F)cc3Cl)nn2)cc(=O)[nH]1. The maximum atomic E-state index is 12.8. The lowest BCUT2D eigenvalue weighted by molar-refractivity contribution is -0.138. The maximum Gasteiger partial charge on any atom is 0.416 e. The summed E-state index contributed by atoms with van der Waals surface area (Å²) in [5.74, 6) is 0.863. The van der Waals surface area contributed by atoms with Crippen LogP contribution in [0, 0.1) is 13.8 Å². The zero-order valence-electron chi connectivity index (χ0n) is 27.3. The van der Waals surface area contributed by atoms with Crippen LogP contribution in [0.5, 0.6) is 0 Å². The quantitative estimate of drug-likeness (QED) is 0.168. The molecule has 0 bridgehead atoms. The van der Waals surface area contributed by atoms with Gasteiger partial charge in [0.1, 0.15) is 23.0 Å². The average molecular weight is 768 g/mol. The van der Waals surface area contributed by atoms with Gasteiger partial charge in [0.05, 0.1) is 47.0 Å². The van der Waals surface area contributed by atoms with Crippen molar-refractivity contribution in [2.24, 2.45) is 0 Å². The van der Waals surface area contributed by atoms with Crippen molar-refractivity contribution in [3.8, 4) is 22.8 Å². The van der Waals surface area contributed by atoms with Gasteiger partial charge in [-0.05, 0) is 63.1 Å². The Bertz CT molecular complexity index is 2190. The highest BCUT2D eigenvalue weighted by molar-refractivity contribution is 6.31. The Morgan fingerprint density at radius 2 is 0.981 bits per heavy atom. The van der Waals surface area contributed by atoms with Gasteiger partial charge in [-0.2, -0.15) is 26.3 Å². The molecule has 272 valence electrons. The summed E-state index contributed by atoms with van der Waals surface area (Å²) in [6.07, 6.45) is -5.81. The molecule has 2 aromatic carbocycles. The van der Waals surface area contributed by atoms with Crippen LogP contribution in [-0.2, 0) is 12.4 Å². The molecule has 0 aliphatic carbocycles. The standard InChI is InChI=1S/2C16H13ClF3N5O/c2*1-8(11-4-3-10(5-12(11)17)16(18,19)20)25-7-14(23-24-25)13-6-15(26)22-9(2)21-13/h2*3-8H,1-2H3,(H,21,22,26)/t2*8-/m10/s1. The third kappa shape index (κ3) is 8.74. The second-order valence-electron chi connectivity index (χ2n) is 11.4. The molecule has 52 heavy (non-hydrogen) atoms. The van der Waals surface area contributed by atoms with Crippen molar-refractivity contribution in [1.82, 2.24) is 49.9 Å². The van der Waals surface area contributed by atoms with Crippen molar-refractivity contribution < 1.29 is 26.3 Å². The molecule has 0 spiro atoms. The number of rotatable bonds is 6. The number of hydrogen-bond acceptors (Lipinski definition) is 8. The van der Waals surface area contributed by atoms with E-state index in [0.29, 0.717) is 45.6 Å². The molecule has 4 heterocycles. The Morgan fingerprint density at radius 1 is 0.615 bits per heavy atom. The van der Waals surface area contributed by atoms with Crippen molar-refractivity contribution in [2.75, 3.05) is 0 Å². The number of benzene rings is 2. The second-order valence-corrected chi connectivity index (χ2v) is 12.2. The van der Waals surface area contributed by atoms with Crippen molar-refractivity contribution >= 4 is 23.2 Å². The predicted octanol–water partition coefficient (Wildman–Crippen LogP) is 7.24. The van der Waals surface area contributed by atoms with Gasteiger partial charge in [-0.25, -0.2) is 19.3 Å². The van der Waals surface area contributed by atoms with Crippen LogP contribution in [-0.4, -0.2) is 49.9 Å². The van der Waals surface area contributed by atoms with Gasteiger partial charge in [-0.15, -0.1) is 10.2 Å². The van der Waals surface area contributed by atoms with Gasteiger partial charge in [-0.1, -0.05) is 45.8 Å². The minimum atomic E-state index is -4.46. The molecule has 2 atom stereocenters. The van der Waals surface area contributed by atoms with Crippen molar-refractivity contribution in [1.29, 1.82) is 0 Å². The van der Waals surface area contributed by atoms with Gasteiger partial charge in [0, 0.05) is 22.2 Å². The number of H-pyrrole nitrogens is 2. The molecule has 0 radical (unpaired) electrons. The summed E-state index contributed by atoms with van der Waals surface area (Å²) >= 11 is 12.1. The van der Waals surface area contributed by atoms with Crippen LogP contribution >= 0.6 is 23.2 Å². The van der Waals surface area contributed by atoms with Crippen LogP contribution in [0.4, 0.5) is 26.3 Å². The largest absolute Gasteiger partial charge is 0.416 e. The Hall–Kier alpha value is -5.36. The Morgan fingerprint density at radius 3 is 1.29 bits per heavy atom. The maximum absolute atomic E-state index is 12.8. The van der Waals surface area contributed by atoms with Crippen molar-refractivity contribution in [3.05, 3.63) is 126 Å². The summed E-state index contributed by atoms with van der Waals surface area (Å²) in [5, 5.41) is 15.9. The lowest BCUT2D eigenvalue weighted by Crippen LogP contribution is -2.10. The fraction of sp³-hybridized carbons (Fsp3) is 0.250. The second kappa shape index (κ2) is 14.7. The monoisotopic (exact) mass is 766 g/mol. The van der Waals surface area contributed by atoms with E-state index in [-0.39, 0.29) is 21.2 Å². The predicted molar refractivity (Wildman–Crippen MR) is 178 cm³/mol. The first-order valence-electron chi connectivity index (χ1n) is 15.0. The fourth-order valence-corrected chi connectivity index (χ4v) is 5.63. The van der Waals surface area contributed by atoms with Gasteiger partial charge in [0.25, 0.3) is 11.1 Å². The minimum absolute atomic E-state index is 0.0190. The zero-order valence-corrected chi connectivity index (χ0v) is 28.9. The lowest BCUT2D eigenvalue weighted by atomic mass is 10.1. The molecular weight excluding hydrogens is 741 g/mol. The van der Waals surface area contributed by atoms with Gasteiger partial charge >= 0.3 is 12.4 Å². The molecule has 4 aromatic heterocycles. The first-order chi connectivity index (χ1) is 24.3. The van der Waals surface area contributed by atoms with Gasteiger partial charge in [-0.3, -0.25) is 9.59 Å². The van der Waals surface area contributed by atoms with Crippen LogP contribution < -0.4 is 11.1 Å². The van der Waals surface area contributed by atoms with Crippen LogP contribution in [0.25, 0.3) is 22.8 Å². The number of nitrogens with one attached hydrogen (secondary N) is 2. The van der Waals surface area contributed by atoms with Crippen molar-refractivity contribution in [3.63, 3.8) is 0 Å². The highest BCUT2D eigenvalue weighted by Gasteiger charge is 2.32. The number of alkyl halides is 6. The summed E-state index contributed by atoms with van der Waals surface area (Å²) in [6, 6.07) is 7.98. The minimum Gasteiger partial charge on any atom is -0.311 e. The molecular formula is C32H26Cl2F6N10O2. The van der Waals surface area contributed by atoms with E-state index in [1.54, 1.807) is 40.1 Å². The first-order valence-corrected chi connectivity index (χ1v) is 15.8. The number of halogens is 8. The average Bonchev–Trinajstić information content (AvgIpc) is 3.74. The molecule has 0 amide bonds. The van der Waals surface area contributed by atoms with Crippen LogP contribution in [0.1, 0.15) is 59.8 Å². The van der Waals surface area contributed by atoms with E-state index in [9.17, 15) is 35.9 Å². The van der Waals surface area contributed by atoms with E-state index in [1.807, 2.05) is 0 Å². The molecule has 2 N–H and O–H groups in total. The summed E-state index contributed by atoms with van der Waals surface area (Å²) in [7, 11) is 0. The Labute approximate surface area is 299 Å². The van der Waals surface area contributed by atoms with Gasteiger partial charge in [0.15, 0.2) is 0 Å². The molecule has 0 fully saturated rings. The van der Waals surface area contributed by atoms with Crippen molar-refractivity contribution in [2.45, 2.75) is 52.1 Å². The number of aromatic amines is 2. The molecule has 0 aliphatic rings. The van der Waals surface area contributed by atoms with E-state index in [2.05, 4.69) is 40.6 Å². The highest BCUT2D eigenvalue weighted by Crippen LogP contribution is 2.36. The van der Waals surface area contributed by atoms with E-state index >= 15 is 0 Å². The van der Waals surface area contributed by atoms with E-state index in [4.69, 9.17) is 23.2 Å². The molecule has 6 rings (SSSR count). The number of aryl methyl sites for hydroxylation is 2. The number of hydrogen-bond donors (Lipinski definition) is 2. The smallest absolute Gasteiger partial charge is 0.311 e. The van der Waals surface area contributed by atoms with Crippen LogP contribution in [0.3, 0.4) is 0 Å². The zero-order chi connectivity index (χ0) is 38.1. The summed E-state index contributed by atoms with van der Waals surface area (Å²) in [5.41, 5.74) is 0.0931. The topological polar surface area (TPSA) is 153 Å². The van der Waals surface area contributed by atoms with E-state index < -0.39 is 35.6 Å². The third-order valence-corrected chi connectivity index (χ3v) is 8.27. The number of aromatic nitrogens is 10. The highest BCUT2D eigenvalue weighted by atomic mass is 35.5. The Kier molecular flexibility index (Phi) is 10.7. The number of nitrogens with zero attached hydrogens (tertiary/aromatic N) is 8. The van der Waals surface area contributed by atoms with Gasteiger partial charge < -0.3 is 9.97 Å². The van der Waals surface area contributed by atoms with Crippen LogP contribution in [0.2, 0.25) is 10.0 Å². The van der Waals surface area contributed by atoms with Crippen LogP contribution in [0.15, 0.2) is 70.5 Å². The first kappa shape index (κ1) is 37.9. The molecule has 0 saturated heterocycles. The Balaban J connectivity index is 0.000000201. The van der Waals surface area contributed by atoms with E-state index in [1.165, 1.54) is 33.6 Å². The molecule has 0 unspecified atom stereocenters. The lowest BCUT2D eigenvalue weighted by Gasteiger charge is -2.15. The molecule has 0 aliphatic heterocycles. The fourth-order valence-electron chi connectivity index (χ4n) is 4.96. The molecule has 12 nitrogen and oxygen atoms in total. The molecule has 6 aromatic rings. The normalized spacial score (nSPS) is 13.0. The summed E-state index contributed by atoms with van der Waals surface area (Å²) < 4.78 is 79.4. The van der Waals surface area contributed by atoms with E-state index in [0.717, 1.165) is 24.3 Å². The molecule has 0 saturated carbocycles.